The standard InChI is InChI=1S/C12H25NO2/c1-5-12(3,4)11(2)10-15-9-8-14-7-6-13/h2,5-10,13H2,1,3-4H3. The maximum Gasteiger partial charge on any atom is 0.0704 e. The molecule has 0 fully saturated rings. The maximum absolute atomic E-state index is 5.46. The van der Waals surface area contributed by atoms with Crippen LogP contribution < -0.4 is 5.73 Å². The van der Waals surface area contributed by atoms with Crippen LogP contribution in [0.5, 0.6) is 0 Å². The monoisotopic (exact) mass is 215 g/mol. The van der Waals surface area contributed by atoms with E-state index in [1.54, 1.807) is 0 Å². The third-order valence-electron chi connectivity index (χ3n) is 2.75. The van der Waals surface area contributed by atoms with Gasteiger partial charge in [-0.05, 0) is 17.4 Å². The highest BCUT2D eigenvalue weighted by molar-refractivity contribution is 5.06. The fourth-order valence-corrected chi connectivity index (χ4v) is 0.944. The summed E-state index contributed by atoms with van der Waals surface area (Å²) < 4.78 is 10.7. The summed E-state index contributed by atoms with van der Waals surface area (Å²) in [6, 6.07) is 0. The molecule has 0 aromatic rings. The highest BCUT2D eigenvalue weighted by atomic mass is 16.5. The lowest BCUT2D eigenvalue weighted by Crippen LogP contribution is -2.18. The zero-order valence-corrected chi connectivity index (χ0v) is 10.3. The number of hydrogen-bond acceptors (Lipinski definition) is 3. The Hall–Kier alpha value is -0.380. The third-order valence-corrected chi connectivity index (χ3v) is 2.75. The van der Waals surface area contributed by atoms with Gasteiger partial charge in [-0.1, -0.05) is 27.4 Å². The average Bonchev–Trinajstić information content (AvgIpc) is 2.22. The number of ether oxygens (including phenoxy) is 2. The Morgan fingerprint density at radius 3 is 2.33 bits per heavy atom. The third kappa shape index (κ3) is 6.66. The van der Waals surface area contributed by atoms with Crippen molar-refractivity contribution in [3.8, 4) is 0 Å². The van der Waals surface area contributed by atoms with Gasteiger partial charge in [-0.25, -0.2) is 0 Å². The SMILES string of the molecule is C=C(COCCOCCN)C(C)(C)CC. The zero-order valence-electron chi connectivity index (χ0n) is 10.3. The van der Waals surface area contributed by atoms with Crippen molar-refractivity contribution in [2.45, 2.75) is 27.2 Å². The molecule has 0 radical (unpaired) electrons. The highest BCUT2D eigenvalue weighted by Gasteiger charge is 2.18. The minimum absolute atomic E-state index is 0.165. The molecule has 0 rings (SSSR count). The van der Waals surface area contributed by atoms with E-state index in [9.17, 15) is 0 Å². The number of rotatable bonds is 9. The lowest BCUT2D eigenvalue weighted by molar-refractivity contribution is 0.0554. The van der Waals surface area contributed by atoms with Crippen molar-refractivity contribution in [1.29, 1.82) is 0 Å². The zero-order chi connectivity index (χ0) is 11.7. The summed E-state index contributed by atoms with van der Waals surface area (Å²) in [4.78, 5) is 0. The van der Waals surface area contributed by atoms with Gasteiger partial charge < -0.3 is 15.2 Å². The minimum Gasteiger partial charge on any atom is -0.378 e. The van der Waals surface area contributed by atoms with Gasteiger partial charge >= 0.3 is 0 Å². The molecule has 0 aromatic carbocycles. The molecule has 3 nitrogen and oxygen atoms in total. The molecule has 0 amide bonds. The van der Waals surface area contributed by atoms with E-state index in [4.69, 9.17) is 15.2 Å². The molecule has 90 valence electrons. The first-order valence-corrected chi connectivity index (χ1v) is 5.58. The molecule has 0 bridgehead atoms. The predicted molar refractivity (Wildman–Crippen MR) is 63.9 cm³/mol. The van der Waals surface area contributed by atoms with Crippen molar-refractivity contribution in [3.05, 3.63) is 12.2 Å². The van der Waals surface area contributed by atoms with Gasteiger partial charge in [-0.2, -0.15) is 0 Å². The molecule has 0 saturated heterocycles. The normalized spacial score (nSPS) is 11.7. The Bertz CT molecular complexity index is 178. The Morgan fingerprint density at radius 2 is 1.80 bits per heavy atom. The van der Waals surface area contributed by atoms with Crippen LogP contribution in [0.25, 0.3) is 0 Å². The highest BCUT2D eigenvalue weighted by Crippen LogP contribution is 2.28. The smallest absolute Gasteiger partial charge is 0.0704 e. The lowest BCUT2D eigenvalue weighted by Gasteiger charge is -2.25. The Labute approximate surface area is 93.6 Å². The van der Waals surface area contributed by atoms with Crippen LogP contribution in [0.2, 0.25) is 0 Å². The van der Waals surface area contributed by atoms with Gasteiger partial charge in [0.15, 0.2) is 0 Å². The summed E-state index contributed by atoms with van der Waals surface area (Å²) in [6.07, 6.45) is 1.08. The van der Waals surface area contributed by atoms with Crippen LogP contribution in [0.15, 0.2) is 12.2 Å². The summed E-state index contributed by atoms with van der Waals surface area (Å²) in [5.74, 6) is 0. The second-order valence-corrected chi connectivity index (χ2v) is 4.29. The molecule has 0 aromatic heterocycles. The van der Waals surface area contributed by atoms with Gasteiger partial charge in [0.05, 0.1) is 26.4 Å². The van der Waals surface area contributed by atoms with E-state index in [1.165, 1.54) is 0 Å². The molecule has 0 unspecified atom stereocenters. The van der Waals surface area contributed by atoms with Crippen molar-refractivity contribution >= 4 is 0 Å². The first-order valence-electron chi connectivity index (χ1n) is 5.58. The molecule has 2 N–H and O–H groups in total. The van der Waals surface area contributed by atoms with Crippen LogP contribution in [-0.4, -0.2) is 33.0 Å². The van der Waals surface area contributed by atoms with Crippen molar-refractivity contribution in [1.82, 2.24) is 0 Å². The Morgan fingerprint density at radius 1 is 1.20 bits per heavy atom. The summed E-state index contributed by atoms with van der Waals surface area (Å²) in [5, 5.41) is 0. The quantitative estimate of drug-likeness (QED) is 0.472. The van der Waals surface area contributed by atoms with Gasteiger partial charge in [0.1, 0.15) is 0 Å². The van der Waals surface area contributed by atoms with E-state index in [2.05, 4.69) is 27.4 Å². The molecular formula is C12H25NO2. The predicted octanol–water partition coefficient (Wildman–Crippen LogP) is 1.97. The van der Waals surface area contributed by atoms with Crippen molar-refractivity contribution < 1.29 is 9.47 Å². The van der Waals surface area contributed by atoms with Gasteiger partial charge in [-0.3, -0.25) is 0 Å². The summed E-state index contributed by atoms with van der Waals surface area (Å²) in [7, 11) is 0. The van der Waals surface area contributed by atoms with Gasteiger partial charge in [-0.15, -0.1) is 0 Å². The fourth-order valence-electron chi connectivity index (χ4n) is 0.944. The molecule has 3 heteroatoms. The molecule has 0 aliphatic carbocycles. The van der Waals surface area contributed by atoms with Gasteiger partial charge in [0.25, 0.3) is 0 Å². The van der Waals surface area contributed by atoms with E-state index >= 15 is 0 Å². The molecular weight excluding hydrogens is 190 g/mol. The molecule has 0 saturated carbocycles. The van der Waals surface area contributed by atoms with Crippen LogP contribution in [-0.2, 0) is 9.47 Å². The fraction of sp³-hybridized carbons (Fsp3) is 0.833. The Balaban J connectivity index is 3.47. The maximum atomic E-state index is 5.46. The van der Waals surface area contributed by atoms with E-state index in [-0.39, 0.29) is 5.41 Å². The largest absolute Gasteiger partial charge is 0.378 e. The van der Waals surface area contributed by atoms with Crippen molar-refractivity contribution in [2.24, 2.45) is 11.1 Å². The van der Waals surface area contributed by atoms with E-state index in [0.29, 0.717) is 33.0 Å². The molecule has 0 aliphatic heterocycles. The topological polar surface area (TPSA) is 44.5 Å². The van der Waals surface area contributed by atoms with Crippen LogP contribution in [0.4, 0.5) is 0 Å². The summed E-state index contributed by atoms with van der Waals surface area (Å²) in [6.45, 7) is 13.6. The van der Waals surface area contributed by atoms with Crippen LogP contribution >= 0.6 is 0 Å². The molecule has 15 heavy (non-hydrogen) atoms. The average molecular weight is 215 g/mol. The lowest BCUT2D eigenvalue weighted by atomic mass is 9.83. The second kappa shape index (κ2) is 7.85. The van der Waals surface area contributed by atoms with Gasteiger partial charge in [0.2, 0.25) is 0 Å². The number of nitrogens with two attached hydrogens (primary N) is 1. The van der Waals surface area contributed by atoms with Crippen LogP contribution in [0.3, 0.4) is 0 Å². The van der Waals surface area contributed by atoms with E-state index in [1.807, 2.05) is 0 Å². The second-order valence-electron chi connectivity index (χ2n) is 4.29. The Kier molecular flexibility index (Phi) is 7.65. The number of hydrogen-bond donors (Lipinski definition) is 1. The first kappa shape index (κ1) is 14.6. The van der Waals surface area contributed by atoms with Crippen LogP contribution in [0.1, 0.15) is 27.2 Å². The van der Waals surface area contributed by atoms with Crippen LogP contribution in [0, 0.1) is 5.41 Å². The summed E-state index contributed by atoms with van der Waals surface area (Å²) >= 11 is 0. The molecule has 0 aliphatic rings. The minimum atomic E-state index is 0.165. The summed E-state index contributed by atoms with van der Waals surface area (Å²) in [5.41, 5.74) is 6.59. The molecule has 0 heterocycles. The van der Waals surface area contributed by atoms with E-state index in [0.717, 1.165) is 12.0 Å². The van der Waals surface area contributed by atoms with Crippen molar-refractivity contribution in [2.75, 3.05) is 33.0 Å². The van der Waals surface area contributed by atoms with Crippen molar-refractivity contribution in [3.63, 3.8) is 0 Å². The molecule has 0 atom stereocenters. The first-order chi connectivity index (χ1) is 7.04. The van der Waals surface area contributed by atoms with E-state index < -0.39 is 0 Å². The van der Waals surface area contributed by atoms with Gasteiger partial charge in [0, 0.05) is 6.54 Å². The molecule has 0 spiro atoms.